The van der Waals surface area contributed by atoms with Crippen molar-refractivity contribution in [3.05, 3.63) is 0 Å². The van der Waals surface area contributed by atoms with Gasteiger partial charge in [-0.25, -0.2) is 0 Å². The van der Waals surface area contributed by atoms with Crippen molar-refractivity contribution < 1.29 is 4.79 Å². The molecule has 0 radical (unpaired) electrons. The normalized spacial score (nSPS) is 12.9. The second kappa shape index (κ2) is 7.76. The second-order valence-corrected chi connectivity index (χ2v) is 3.87. The fourth-order valence-corrected chi connectivity index (χ4v) is 1.29. The zero-order valence-corrected chi connectivity index (χ0v) is 9.25. The first-order valence-corrected chi connectivity index (χ1v) is 5.31. The minimum absolute atomic E-state index is 0.0622. The van der Waals surface area contributed by atoms with Crippen LogP contribution in [0.4, 0.5) is 0 Å². The van der Waals surface area contributed by atoms with Gasteiger partial charge in [0.1, 0.15) is 0 Å². The van der Waals surface area contributed by atoms with Crippen molar-refractivity contribution in [1.29, 1.82) is 0 Å². The summed E-state index contributed by atoms with van der Waals surface area (Å²) in [6, 6.07) is 0. The summed E-state index contributed by atoms with van der Waals surface area (Å²) in [6.45, 7) is 5.83. The van der Waals surface area contributed by atoms with E-state index in [1.54, 1.807) is 0 Å². The van der Waals surface area contributed by atoms with Crippen LogP contribution >= 0.6 is 0 Å². The van der Waals surface area contributed by atoms with Gasteiger partial charge < -0.3 is 16.8 Å². The number of amides is 1. The highest BCUT2D eigenvalue weighted by molar-refractivity contribution is 5.79. The molecular weight excluding hydrogens is 178 g/mol. The van der Waals surface area contributed by atoms with Crippen molar-refractivity contribution in [3.63, 3.8) is 0 Å². The van der Waals surface area contributed by atoms with Gasteiger partial charge in [0.05, 0.1) is 5.92 Å². The van der Waals surface area contributed by atoms with Crippen LogP contribution in [0.3, 0.4) is 0 Å². The average molecular weight is 201 g/mol. The largest absolute Gasteiger partial charge is 0.356 e. The number of carbonyl (C=O) groups is 1. The summed E-state index contributed by atoms with van der Waals surface area (Å²) in [5, 5.41) is 2.88. The summed E-state index contributed by atoms with van der Waals surface area (Å²) >= 11 is 0. The highest BCUT2D eigenvalue weighted by Crippen LogP contribution is 2.08. The van der Waals surface area contributed by atoms with Gasteiger partial charge in [-0.3, -0.25) is 4.79 Å². The molecule has 1 unspecified atom stereocenters. The van der Waals surface area contributed by atoms with E-state index in [0.717, 1.165) is 12.8 Å². The lowest BCUT2D eigenvalue weighted by atomic mass is 9.95. The highest BCUT2D eigenvalue weighted by atomic mass is 16.1. The third-order valence-corrected chi connectivity index (χ3v) is 2.33. The first kappa shape index (κ1) is 13.4. The summed E-state index contributed by atoms with van der Waals surface area (Å²) in [6.07, 6.45) is 1.90. The summed E-state index contributed by atoms with van der Waals surface area (Å²) in [5.74, 6) is 0.307. The van der Waals surface area contributed by atoms with E-state index in [1.807, 2.05) is 13.8 Å². The Morgan fingerprint density at radius 1 is 1.29 bits per heavy atom. The van der Waals surface area contributed by atoms with Gasteiger partial charge in [-0.05, 0) is 25.3 Å². The molecule has 84 valence electrons. The van der Waals surface area contributed by atoms with Crippen LogP contribution in [-0.4, -0.2) is 25.5 Å². The van der Waals surface area contributed by atoms with Gasteiger partial charge in [-0.2, -0.15) is 0 Å². The SMILES string of the molecule is CC(C)C(CN)C(=O)NCCCCN. The molecule has 0 saturated heterocycles. The quantitative estimate of drug-likeness (QED) is 0.510. The highest BCUT2D eigenvalue weighted by Gasteiger charge is 2.19. The fourth-order valence-electron chi connectivity index (χ4n) is 1.29. The number of hydrogen-bond donors (Lipinski definition) is 3. The van der Waals surface area contributed by atoms with E-state index in [0.29, 0.717) is 25.6 Å². The molecule has 0 spiro atoms. The lowest BCUT2D eigenvalue weighted by Gasteiger charge is -2.18. The van der Waals surface area contributed by atoms with Crippen molar-refractivity contribution in [2.75, 3.05) is 19.6 Å². The molecule has 1 atom stereocenters. The Bertz CT molecular complexity index is 159. The molecule has 0 aliphatic rings. The molecule has 0 bridgehead atoms. The van der Waals surface area contributed by atoms with E-state index in [1.165, 1.54) is 0 Å². The van der Waals surface area contributed by atoms with Gasteiger partial charge in [0, 0.05) is 13.1 Å². The number of unbranched alkanes of at least 4 members (excludes halogenated alkanes) is 1. The van der Waals surface area contributed by atoms with Gasteiger partial charge >= 0.3 is 0 Å². The van der Waals surface area contributed by atoms with Gasteiger partial charge in [-0.15, -0.1) is 0 Å². The van der Waals surface area contributed by atoms with Crippen LogP contribution < -0.4 is 16.8 Å². The molecule has 0 fully saturated rings. The third kappa shape index (κ3) is 5.19. The van der Waals surface area contributed by atoms with Gasteiger partial charge in [-0.1, -0.05) is 13.8 Å². The van der Waals surface area contributed by atoms with Crippen molar-refractivity contribution in [3.8, 4) is 0 Å². The summed E-state index contributed by atoms with van der Waals surface area (Å²) < 4.78 is 0. The topological polar surface area (TPSA) is 81.1 Å². The molecule has 1 amide bonds. The van der Waals surface area contributed by atoms with Crippen molar-refractivity contribution in [2.24, 2.45) is 23.3 Å². The zero-order chi connectivity index (χ0) is 11.0. The summed E-state index contributed by atoms with van der Waals surface area (Å²) in [5.41, 5.74) is 10.9. The van der Waals surface area contributed by atoms with E-state index in [4.69, 9.17) is 11.5 Å². The predicted octanol–water partition coefficient (Wildman–Crippen LogP) is 0.0724. The number of rotatable bonds is 7. The molecular formula is C10H23N3O. The Hall–Kier alpha value is -0.610. The van der Waals surface area contributed by atoms with Crippen LogP contribution in [0.2, 0.25) is 0 Å². The molecule has 0 aromatic heterocycles. The second-order valence-electron chi connectivity index (χ2n) is 3.87. The fraction of sp³-hybridized carbons (Fsp3) is 0.900. The summed E-state index contributed by atoms with van der Waals surface area (Å²) in [4.78, 5) is 11.6. The maximum atomic E-state index is 11.6. The molecule has 14 heavy (non-hydrogen) atoms. The molecule has 4 nitrogen and oxygen atoms in total. The smallest absolute Gasteiger partial charge is 0.224 e. The Labute approximate surface area is 86.4 Å². The maximum absolute atomic E-state index is 11.6. The number of carbonyl (C=O) groups excluding carboxylic acids is 1. The number of hydrogen-bond acceptors (Lipinski definition) is 3. The Morgan fingerprint density at radius 2 is 1.93 bits per heavy atom. The molecule has 5 N–H and O–H groups in total. The van der Waals surface area contributed by atoms with E-state index < -0.39 is 0 Å². The zero-order valence-electron chi connectivity index (χ0n) is 9.25. The third-order valence-electron chi connectivity index (χ3n) is 2.33. The molecule has 0 saturated carbocycles. The lowest BCUT2D eigenvalue weighted by Crippen LogP contribution is -2.38. The van der Waals surface area contributed by atoms with Gasteiger partial charge in [0.25, 0.3) is 0 Å². The van der Waals surface area contributed by atoms with Crippen molar-refractivity contribution in [1.82, 2.24) is 5.32 Å². The van der Waals surface area contributed by atoms with Crippen LogP contribution in [-0.2, 0) is 4.79 Å². The molecule has 0 heterocycles. The van der Waals surface area contributed by atoms with Gasteiger partial charge in [0.15, 0.2) is 0 Å². The monoisotopic (exact) mass is 201 g/mol. The first-order valence-electron chi connectivity index (χ1n) is 5.31. The van der Waals surface area contributed by atoms with Crippen molar-refractivity contribution >= 4 is 5.91 Å². The van der Waals surface area contributed by atoms with Crippen LogP contribution in [0, 0.1) is 11.8 Å². The molecule has 0 rings (SSSR count). The average Bonchev–Trinajstić information content (AvgIpc) is 2.13. The maximum Gasteiger partial charge on any atom is 0.224 e. The molecule has 0 aliphatic heterocycles. The van der Waals surface area contributed by atoms with Gasteiger partial charge in [0.2, 0.25) is 5.91 Å². The lowest BCUT2D eigenvalue weighted by molar-refractivity contribution is -0.125. The molecule has 0 aromatic carbocycles. The van der Waals surface area contributed by atoms with Crippen LogP contribution in [0.25, 0.3) is 0 Å². The minimum atomic E-state index is -0.0622. The van der Waals surface area contributed by atoms with Crippen LogP contribution in [0.15, 0.2) is 0 Å². The van der Waals surface area contributed by atoms with E-state index in [2.05, 4.69) is 5.32 Å². The van der Waals surface area contributed by atoms with E-state index in [9.17, 15) is 4.79 Å². The molecule has 0 aliphatic carbocycles. The molecule has 4 heteroatoms. The first-order chi connectivity index (χ1) is 6.63. The summed E-state index contributed by atoms with van der Waals surface area (Å²) in [7, 11) is 0. The Balaban J connectivity index is 3.70. The molecule has 0 aromatic rings. The predicted molar refractivity (Wildman–Crippen MR) is 58.7 cm³/mol. The Kier molecular flexibility index (Phi) is 7.42. The van der Waals surface area contributed by atoms with Crippen LogP contribution in [0.5, 0.6) is 0 Å². The number of nitrogens with one attached hydrogen (secondary N) is 1. The standard InChI is InChI=1S/C10H23N3O/c1-8(2)9(7-12)10(14)13-6-4-3-5-11/h8-9H,3-7,11-12H2,1-2H3,(H,13,14). The van der Waals surface area contributed by atoms with Crippen LogP contribution in [0.1, 0.15) is 26.7 Å². The van der Waals surface area contributed by atoms with E-state index in [-0.39, 0.29) is 11.8 Å². The Morgan fingerprint density at radius 3 is 2.36 bits per heavy atom. The minimum Gasteiger partial charge on any atom is -0.356 e. The number of nitrogens with two attached hydrogens (primary N) is 2. The van der Waals surface area contributed by atoms with E-state index >= 15 is 0 Å². The van der Waals surface area contributed by atoms with Crippen molar-refractivity contribution in [2.45, 2.75) is 26.7 Å².